The van der Waals surface area contributed by atoms with Gasteiger partial charge in [0, 0.05) is 12.0 Å². The van der Waals surface area contributed by atoms with Crippen LogP contribution in [0.4, 0.5) is 4.39 Å². The third kappa shape index (κ3) is 1.73. The van der Waals surface area contributed by atoms with E-state index in [1.54, 1.807) is 18.2 Å². The molecule has 0 spiro atoms. The Balaban J connectivity index is 2.08. The summed E-state index contributed by atoms with van der Waals surface area (Å²) in [5.74, 6) is -0.0219. The summed E-state index contributed by atoms with van der Waals surface area (Å²) in [5.41, 5.74) is -0.925. The molecule has 1 N–H and O–H groups in total. The minimum Gasteiger partial charge on any atom is -0.455 e. The highest BCUT2D eigenvalue weighted by molar-refractivity contribution is 5.78. The Morgan fingerprint density at radius 1 is 1.35 bits per heavy atom. The number of benzene rings is 1. The molecule has 1 aromatic heterocycles. The van der Waals surface area contributed by atoms with Crippen molar-refractivity contribution in [2.75, 3.05) is 13.2 Å². The van der Waals surface area contributed by atoms with Crippen LogP contribution in [0.5, 0.6) is 0 Å². The molecule has 1 fully saturated rings. The van der Waals surface area contributed by atoms with E-state index < -0.39 is 11.4 Å². The van der Waals surface area contributed by atoms with Gasteiger partial charge in [-0.3, -0.25) is 0 Å². The minimum absolute atomic E-state index is 0.196. The topological polar surface area (TPSA) is 42.6 Å². The molecule has 1 unspecified atom stereocenters. The Morgan fingerprint density at radius 2 is 2.24 bits per heavy atom. The third-order valence-electron chi connectivity index (χ3n) is 3.17. The molecule has 1 aliphatic heterocycles. The van der Waals surface area contributed by atoms with Gasteiger partial charge in [-0.1, -0.05) is 12.1 Å². The van der Waals surface area contributed by atoms with E-state index in [1.165, 1.54) is 6.07 Å². The van der Waals surface area contributed by atoms with Crippen LogP contribution >= 0.6 is 0 Å². The van der Waals surface area contributed by atoms with E-state index in [0.717, 1.165) is 6.42 Å². The normalized spacial score (nSPS) is 25.3. The summed E-state index contributed by atoms with van der Waals surface area (Å²) >= 11 is 0. The Hall–Kier alpha value is -1.39. The summed E-state index contributed by atoms with van der Waals surface area (Å²) in [6.07, 6.45) is 1.35. The van der Waals surface area contributed by atoms with E-state index in [4.69, 9.17) is 9.15 Å². The summed E-state index contributed by atoms with van der Waals surface area (Å²) in [5, 5.41) is 11.1. The molecule has 90 valence electrons. The summed E-state index contributed by atoms with van der Waals surface area (Å²) in [7, 11) is 0. The molecule has 17 heavy (non-hydrogen) atoms. The lowest BCUT2D eigenvalue weighted by molar-refractivity contribution is -0.101. The average molecular weight is 236 g/mol. The van der Waals surface area contributed by atoms with E-state index in [1.807, 2.05) is 0 Å². The lowest BCUT2D eigenvalue weighted by atomic mass is 9.94. The van der Waals surface area contributed by atoms with Crippen LogP contribution in [-0.2, 0) is 10.3 Å². The van der Waals surface area contributed by atoms with Gasteiger partial charge in [-0.15, -0.1) is 0 Å². The van der Waals surface area contributed by atoms with E-state index in [0.29, 0.717) is 24.2 Å². The first-order valence-electron chi connectivity index (χ1n) is 5.68. The number of ether oxygens (including phenoxy) is 1. The summed E-state index contributed by atoms with van der Waals surface area (Å²) in [6.45, 7) is 0.853. The predicted octanol–water partition coefficient (Wildman–Crippen LogP) is 2.57. The number of hydrogen-bond donors (Lipinski definition) is 1. The SMILES string of the molecule is OC1(c2cc3cccc(F)c3o2)CCCOC1. The molecule has 2 heterocycles. The number of furan rings is 1. The Kier molecular flexibility index (Phi) is 2.42. The molecule has 4 heteroatoms. The average Bonchev–Trinajstić information content (AvgIpc) is 2.76. The maximum atomic E-state index is 13.5. The van der Waals surface area contributed by atoms with Crippen molar-refractivity contribution in [1.82, 2.24) is 0 Å². The predicted molar refractivity (Wildman–Crippen MR) is 60.1 cm³/mol. The van der Waals surface area contributed by atoms with E-state index in [2.05, 4.69) is 0 Å². The van der Waals surface area contributed by atoms with Crippen molar-refractivity contribution in [1.29, 1.82) is 0 Å². The maximum absolute atomic E-state index is 13.5. The lowest BCUT2D eigenvalue weighted by Gasteiger charge is -2.29. The molecule has 3 nitrogen and oxygen atoms in total. The second kappa shape index (κ2) is 3.82. The molecule has 1 aliphatic rings. The first kappa shape index (κ1) is 10.7. The molecule has 0 aliphatic carbocycles. The molecule has 3 rings (SSSR count). The van der Waals surface area contributed by atoms with Crippen LogP contribution in [0.25, 0.3) is 11.0 Å². The van der Waals surface area contributed by atoms with E-state index in [-0.39, 0.29) is 12.2 Å². The molecule has 1 saturated heterocycles. The fourth-order valence-electron chi connectivity index (χ4n) is 2.23. The van der Waals surface area contributed by atoms with Gasteiger partial charge in [0.15, 0.2) is 11.4 Å². The Morgan fingerprint density at radius 3 is 2.94 bits per heavy atom. The molecule has 1 atom stereocenters. The third-order valence-corrected chi connectivity index (χ3v) is 3.17. The first-order chi connectivity index (χ1) is 8.19. The van der Waals surface area contributed by atoms with Crippen molar-refractivity contribution in [2.24, 2.45) is 0 Å². The van der Waals surface area contributed by atoms with Crippen molar-refractivity contribution in [3.05, 3.63) is 35.8 Å². The molecule has 0 saturated carbocycles. The van der Waals surface area contributed by atoms with Gasteiger partial charge in [0.25, 0.3) is 0 Å². The van der Waals surface area contributed by atoms with Gasteiger partial charge < -0.3 is 14.3 Å². The standard InChI is InChI=1S/C13H13FO3/c14-10-4-1-3-9-7-11(17-12(9)10)13(15)5-2-6-16-8-13/h1,3-4,7,15H,2,5-6,8H2. The Bertz CT molecular complexity index is 541. The van der Waals surface area contributed by atoms with Crippen molar-refractivity contribution in [2.45, 2.75) is 18.4 Å². The summed E-state index contributed by atoms with van der Waals surface area (Å²) in [6, 6.07) is 6.42. The zero-order valence-corrected chi connectivity index (χ0v) is 9.28. The second-order valence-electron chi connectivity index (χ2n) is 4.46. The first-order valence-corrected chi connectivity index (χ1v) is 5.68. The highest BCUT2D eigenvalue weighted by Gasteiger charge is 2.35. The molecular formula is C13H13FO3. The molecule has 0 amide bonds. The Labute approximate surface area is 97.8 Å². The highest BCUT2D eigenvalue weighted by Crippen LogP contribution is 2.34. The van der Waals surface area contributed by atoms with Crippen LogP contribution in [0.2, 0.25) is 0 Å². The number of para-hydroxylation sites is 1. The minimum atomic E-state index is -1.12. The lowest BCUT2D eigenvalue weighted by Crippen LogP contribution is -2.35. The number of hydrogen-bond acceptors (Lipinski definition) is 3. The van der Waals surface area contributed by atoms with Crippen LogP contribution in [0.1, 0.15) is 18.6 Å². The van der Waals surface area contributed by atoms with Crippen molar-refractivity contribution in [3.8, 4) is 0 Å². The smallest absolute Gasteiger partial charge is 0.170 e. The molecular weight excluding hydrogens is 223 g/mol. The molecule has 1 aromatic carbocycles. The van der Waals surface area contributed by atoms with Crippen LogP contribution in [-0.4, -0.2) is 18.3 Å². The van der Waals surface area contributed by atoms with Crippen LogP contribution in [0.15, 0.2) is 28.7 Å². The van der Waals surface area contributed by atoms with Crippen LogP contribution < -0.4 is 0 Å². The zero-order chi connectivity index (χ0) is 11.9. The number of rotatable bonds is 1. The van der Waals surface area contributed by atoms with Gasteiger partial charge >= 0.3 is 0 Å². The monoisotopic (exact) mass is 236 g/mol. The van der Waals surface area contributed by atoms with Crippen molar-refractivity contribution in [3.63, 3.8) is 0 Å². The number of aliphatic hydroxyl groups is 1. The fraction of sp³-hybridized carbons (Fsp3) is 0.385. The van der Waals surface area contributed by atoms with E-state index in [9.17, 15) is 9.50 Å². The van der Waals surface area contributed by atoms with Gasteiger partial charge in [0.1, 0.15) is 11.4 Å². The van der Waals surface area contributed by atoms with Crippen molar-refractivity contribution < 1.29 is 18.7 Å². The largest absolute Gasteiger partial charge is 0.455 e. The maximum Gasteiger partial charge on any atom is 0.170 e. The van der Waals surface area contributed by atoms with Gasteiger partial charge in [-0.25, -0.2) is 4.39 Å². The summed E-state index contributed by atoms with van der Waals surface area (Å²) in [4.78, 5) is 0. The quantitative estimate of drug-likeness (QED) is 0.827. The van der Waals surface area contributed by atoms with Crippen LogP contribution in [0, 0.1) is 5.82 Å². The zero-order valence-electron chi connectivity index (χ0n) is 9.28. The number of halogens is 1. The van der Waals surface area contributed by atoms with Gasteiger partial charge in [-0.05, 0) is 25.0 Å². The second-order valence-corrected chi connectivity index (χ2v) is 4.46. The summed E-state index contributed by atoms with van der Waals surface area (Å²) < 4.78 is 24.2. The van der Waals surface area contributed by atoms with Gasteiger partial charge in [-0.2, -0.15) is 0 Å². The van der Waals surface area contributed by atoms with Crippen molar-refractivity contribution >= 4 is 11.0 Å². The highest BCUT2D eigenvalue weighted by atomic mass is 19.1. The molecule has 2 aromatic rings. The van der Waals surface area contributed by atoms with Gasteiger partial charge in [0.2, 0.25) is 0 Å². The van der Waals surface area contributed by atoms with Gasteiger partial charge in [0.05, 0.1) is 6.61 Å². The van der Waals surface area contributed by atoms with E-state index >= 15 is 0 Å². The van der Waals surface area contributed by atoms with Crippen LogP contribution in [0.3, 0.4) is 0 Å². The number of fused-ring (bicyclic) bond motifs is 1. The fourth-order valence-corrected chi connectivity index (χ4v) is 2.23. The molecule has 0 bridgehead atoms. The molecule has 0 radical (unpaired) electrons.